The number of rotatable bonds is 6. The molecule has 3 N–H and O–H groups in total. The van der Waals surface area contributed by atoms with E-state index in [0.717, 1.165) is 11.1 Å². The first kappa shape index (κ1) is 18.0. The molecule has 2 aromatic rings. The van der Waals surface area contributed by atoms with Crippen molar-refractivity contribution in [2.24, 2.45) is 5.90 Å². The van der Waals surface area contributed by atoms with Crippen molar-refractivity contribution in [3.8, 4) is 22.8 Å². The molecule has 8 nitrogen and oxygen atoms in total. The van der Waals surface area contributed by atoms with E-state index in [-0.39, 0.29) is 11.3 Å². The van der Waals surface area contributed by atoms with Gasteiger partial charge in [0.2, 0.25) is 0 Å². The van der Waals surface area contributed by atoms with Crippen LogP contribution < -0.4 is 16.1 Å². The van der Waals surface area contributed by atoms with Gasteiger partial charge in [0.15, 0.2) is 16.9 Å². The third kappa shape index (κ3) is 3.42. The highest BCUT2D eigenvalue weighted by Gasteiger charge is 2.22. The van der Waals surface area contributed by atoms with Gasteiger partial charge in [-0.3, -0.25) is 4.79 Å². The Morgan fingerprint density at radius 3 is 2.85 bits per heavy atom. The van der Waals surface area contributed by atoms with Gasteiger partial charge in [-0.25, -0.2) is 4.79 Å². The van der Waals surface area contributed by atoms with Gasteiger partial charge in [0.25, 0.3) is 0 Å². The first-order valence-electron chi connectivity index (χ1n) is 8.27. The number of phenolic OH excluding ortho intramolecular Hbond substituents is 1. The molecule has 138 valence electrons. The number of carbonyl (C=O) groups is 1. The highest BCUT2D eigenvalue weighted by molar-refractivity contribution is 5.89. The Morgan fingerprint density at radius 2 is 2.12 bits per heavy atom. The number of aromatic nitrogens is 1. The summed E-state index contributed by atoms with van der Waals surface area (Å²) in [6.07, 6.45) is 2.09. The number of carbonyl (C=O) groups excluding carboxylic acids is 1. The standard InChI is InChI=1S/C18H20N2O6/c1-2-24-5-6-25-17-7-11-3-4-20-10-13(18(23)26-19)15(21)9-14(20)12(11)8-16(17)22/h7-10,22H,2-6,19H2,1H3. The van der Waals surface area contributed by atoms with E-state index in [9.17, 15) is 14.7 Å². The predicted octanol–water partition coefficient (Wildman–Crippen LogP) is 1.22. The lowest BCUT2D eigenvalue weighted by atomic mass is 9.96. The Labute approximate surface area is 149 Å². The van der Waals surface area contributed by atoms with E-state index < -0.39 is 11.4 Å². The monoisotopic (exact) mass is 360 g/mol. The number of fused-ring (bicyclic) bond motifs is 3. The van der Waals surface area contributed by atoms with Gasteiger partial charge in [-0.05, 0) is 31.0 Å². The maximum absolute atomic E-state index is 12.2. The summed E-state index contributed by atoms with van der Waals surface area (Å²) in [6, 6.07) is 4.68. The lowest BCUT2D eigenvalue weighted by Gasteiger charge is -2.23. The molecular weight excluding hydrogens is 340 g/mol. The molecule has 1 aromatic heterocycles. The molecule has 0 saturated heterocycles. The Kier molecular flexibility index (Phi) is 5.24. The molecule has 1 aliphatic rings. The minimum absolute atomic E-state index is 0.0217. The van der Waals surface area contributed by atoms with Crippen molar-refractivity contribution in [1.29, 1.82) is 0 Å². The second-order valence-electron chi connectivity index (χ2n) is 5.81. The van der Waals surface area contributed by atoms with Crippen LogP contribution in [0.25, 0.3) is 11.3 Å². The normalized spacial score (nSPS) is 12.2. The van der Waals surface area contributed by atoms with Crippen LogP contribution in [0.2, 0.25) is 0 Å². The van der Waals surface area contributed by atoms with Crippen molar-refractivity contribution in [3.63, 3.8) is 0 Å². The van der Waals surface area contributed by atoms with E-state index in [1.165, 1.54) is 12.3 Å². The topological polar surface area (TPSA) is 113 Å². The Morgan fingerprint density at radius 1 is 1.31 bits per heavy atom. The number of nitrogens with two attached hydrogens (primary N) is 1. The lowest BCUT2D eigenvalue weighted by molar-refractivity contribution is 0.0501. The molecule has 0 bridgehead atoms. The maximum Gasteiger partial charge on any atom is 0.362 e. The van der Waals surface area contributed by atoms with Gasteiger partial charge >= 0.3 is 5.97 Å². The number of phenols is 1. The Balaban J connectivity index is 1.94. The summed E-state index contributed by atoms with van der Waals surface area (Å²) in [6.45, 7) is 3.84. The molecule has 0 spiro atoms. The average Bonchev–Trinajstić information content (AvgIpc) is 2.64. The lowest BCUT2D eigenvalue weighted by Crippen LogP contribution is -2.24. The van der Waals surface area contributed by atoms with Crippen LogP contribution in [0.1, 0.15) is 22.8 Å². The first-order chi connectivity index (χ1) is 12.5. The van der Waals surface area contributed by atoms with E-state index >= 15 is 0 Å². The first-order valence-corrected chi connectivity index (χ1v) is 8.27. The molecule has 0 unspecified atom stereocenters. The molecule has 1 aromatic carbocycles. The van der Waals surface area contributed by atoms with Gasteiger partial charge < -0.3 is 24.0 Å². The van der Waals surface area contributed by atoms with E-state index in [1.54, 1.807) is 16.7 Å². The SMILES string of the molecule is CCOCCOc1cc2c(cc1O)-c1cc(=O)c(C(=O)ON)cn1CC2. The fraction of sp³-hybridized carbons (Fsp3) is 0.333. The van der Waals surface area contributed by atoms with Gasteiger partial charge in [-0.15, -0.1) is 0 Å². The number of nitrogens with zero attached hydrogens (tertiary/aromatic N) is 1. The van der Waals surface area contributed by atoms with Crippen molar-refractivity contribution < 1.29 is 24.2 Å². The van der Waals surface area contributed by atoms with Crippen molar-refractivity contribution in [2.75, 3.05) is 19.8 Å². The third-order valence-electron chi connectivity index (χ3n) is 4.23. The number of aryl methyl sites for hydroxylation is 2. The summed E-state index contributed by atoms with van der Waals surface area (Å²) in [4.78, 5) is 27.9. The van der Waals surface area contributed by atoms with Crippen molar-refractivity contribution in [3.05, 3.63) is 45.7 Å². The highest BCUT2D eigenvalue weighted by Crippen LogP contribution is 2.37. The van der Waals surface area contributed by atoms with Crippen LogP contribution in [0.4, 0.5) is 0 Å². The molecule has 0 radical (unpaired) electrons. The van der Waals surface area contributed by atoms with Crippen molar-refractivity contribution in [1.82, 2.24) is 4.57 Å². The zero-order chi connectivity index (χ0) is 18.7. The van der Waals surface area contributed by atoms with E-state index in [4.69, 9.17) is 15.4 Å². The second-order valence-corrected chi connectivity index (χ2v) is 5.81. The van der Waals surface area contributed by atoms with Gasteiger partial charge in [0.1, 0.15) is 12.2 Å². The molecule has 26 heavy (non-hydrogen) atoms. The third-order valence-corrected chi connectivity index (χ3v) is 4.23. The maximum atomic E-state index is 12.2. The molecule has 2 heterocycles. The molecule has 8 heteroatoms. The van der Waals surface area contributed by atoms with Crippen LogP contribution in [-0.2, 0) is 22.5 Å². The van der Waals surface area contributed by atoms with E-state index in [0.29, 0.717) is 44.2 Å². The number of pyridine rings is 1. The summed E-state index contributed by atoms with van der Waals surface area (Å²) in [5, 5.41) is 10.3. The van der Waals surface area contributed by atoms with E-state index in [2.05, 4.69) is 4.84 Å². The molecular formula is C18H20N2O6. The summed E-state index contributed by atoms with van der Waals surface area (Å²) < 4.78 is 12.5. The molecule has 0 aliphatic carbocycles. The number of hydrogen-bond donors (Lipinski definition) is 2. The Hall–Kier alpha value is -2.84. The molecule has 0 atom stereocenters. The quantitative estimate of drug-likeness (QED) is 0.588. The molecule has 1 aliphatic heterocycles. The predicted molar refractivity (Wildman–Crippen MR) is 93.1 cm³/mol. The zero-order valence-electron chi connectivity index (χ0n) is 14.4. The summed E-state index contributed by atoms with van der Waals surface area (Å²) >= 11 is 0. The summed E-state index contributed by atoms with van der Waals surface area (Å²) in [5.74, 6) is 4.35. The van der Waals surface area contributed by atoms with Gasteiger partial charge in [-0.1, -0.05) is 0 Å². The van der Waals surface area contributed by atoms with E-state index in [1.807, 2.05) is 6.92 Å². The van der Waals surface area contributed by atoms with Crippen molar-refractivity contribution >= 4 is 5.97 Å². The van der Waals surface area contributed by atoms with Gasteiger partial charge in [-0.2, -0.15) is 5.90 Å². The largest absolute Gasteiger partial charge is 0.504 e. The molecule has 0 saturated carbocycles. The fourth-order valence-corrected chi connectivity index (χ4v) is 2.98. The average molecular weight is 360 g/mol. The van der Waals surface area contributed by atoms with Crippen molar-refractivity contribution in [2.45, 2.75) is 19.9 Å². The summed E-state index contributed by atoms with van der Waals surface area (Å²) in [5.41, 5.74) is 1.66. The van der Waals surface area contributed by atoms with Crippen LogP contribution in [0.15, 0.2) is 29.2 Å². The zero-order valence-corrected chi connectivity index (χ0v) is 14.4. The molecule has 0 amide bonds. The second kappa shape index (κ2) is 7.59. The van der Waals surface area contributed by atoms with Crippen LogP contribution in [0.3, 0.4) is 0 Å². The highest BCUT2D eigenvalue weighted by atomic mass is 16.7. The van der Waals surface area contributed by atoms with Gasteiger partial charge in [0, 0.05) is 31.0 Å². The van der Waals surface area contributed by atoms with Crippen LogP contribution in [-0.4, -0.2) is 35.5 Å². The minimum atomic E-state index is -0.878. The Bertz CT molecular complexity index is 890. The fourth-order valence-electron chi connectivity index (χ4n) is 2.98. The number of benzene rings is 1. The summed E-state index contributed by atoms with van der Waals surface area (Å²) in [7, 11) is 0. The molecule has 3 rings (SSSR count). The smallest absolute Gasteiger partial charge is 0.362 e. The number of ether oxygens (including phenoxy) is 2. The van der Waals surface area contributed by atoms with Gasteiger partial charge in [0.05, 0.1) is 12.3 Å². The van der Waals surface area contributed by atoms with Crippen LogP contribution in [0.5, 0.6) is 11.5 Å². The van der Waals surface area contributed by atoms with Crippen LogP contribution in [0, 0.1) is 0 Å². The number of hydrogen-bond acceptors (Lipinski definition) is 7. The number of aromatic hydroxyl groups is 1. The minimum Gasteiger partial charge on any atom is -0.504 e. The molecule has 0 fully saturated rings. The van der Waals surface area contributed by atoms with Crippen LogP contribution >= 0.6 is 0 Å².